The number of aliphatic hydroxyl groups is 2. The summed E-state index contributed by atoms with van der Waals surface area (Å²) >= 11 is 0. The molecule has 1 saturated heterocycles. The molecule has 1 saturated carbocycles. The molecule has 2 N–H and O–H groups in total. The van der Waals surface area contributed by atoms with Crippen molar-refractivity contribution in [2.75, 3.05) is 19.6 Å². The molecule has 1 aliphatic heterocycles. The Kier molecular flexibility index (Phi) is 6.40. The van der Waals surface area contributed by atoms with Crippen molar-refractivity contribution in [1.29, 1.82) is 0 Å². The van der Waals surface area contributed by atoms with Gasteiger partial charge < -0.3 is 14.9 Å². The Balaban J connectivity index is 1.10. The summed E-state index contributed by atoms with van der Waals surface area (Å²) < 4.78 is 5.68. The van der Waals surface area contributed by atoms with Gasteiger partial charge in [-0.25, -0.2) is 4.98 Å². The van der Waals surface area contributed by atoms with E-state index < -0.39 is 11.7 Å². The number of aromatic nitrogens is 2. The lowest BCUT2D eigenvalue weighted by Crippen LogP contribution is -2.33. The fraction of sp³-hybridized carbons (Fsp3) is 0.407. The molecule has 33 heavy (non-hydrogen) atoms. The minimum absolute atomic E-state index is 0.435. The number of aliphatic hydroxyl groups excluding tert-OH is 1. The van der Waals surface area contributed by atoms with Gasteiger partial charge >= 0.3 is 0 Å². The zero-order valence-corrected chi connectivity index (χ0v) is 18.8. The van der Waals surface area contributed by atoms with Crippen molar-refractivity contribution in [2.45, 2.75) is 37.6 Å². The molecule has 3 unspecified atom stereocenters. The first kappa shape index (κ1) is 22.0. The second-order valence-corrected chi connectivity index (χ2v) is 9.60. The zero-order chi connectivity index (χ0) is 22.7. The van der Waals surface area contributed by atoms with Crippen LogP contribution in [0, 0.1) is 11.8 Å². The first-order chi connectivity index (χ1) is 16.1. The molecule has 6 nitrogen and oxygen atoms in total. The van der Waals surface area contributed by atoms with Crippen LogP contribution in [-0.2, 0) is 13.0 Å². The molecule has 0 bridgehead atoms. The highest BCUT2D eigenvalue weighted by molar-refractivity contribution is 5.19. The summed E-state index contributed by atoms with van der Waals surface area (Å²) in [5.41, 5.74) is 2.21. The van der Waals surface area contributed by atoms with E-state index in [-0.39, 0.29) is 0 Å². The molecular formula is C27H31N3O3. The number of rotatable bonds is 8. The third kappa shape index (κ3) is 5.41. The second-order valence-electron chi connectivity index (χ2n) is 9.60. The maximum absolute atomic E-state index is 11.1. The van der Waals surface area contributed by atoms with Crippen LogP contribution in [0.3, 0.4) is 0 Å². The number of fused-ring (bicyclic) bond motifs is 1. The fourth-order valence-electron chi connectivity index (χ4n) is 5.47. The van der Waals surface area contributed by atoms with Crippen molar-refractivity contribution in [3.63, 3.8) is 0 Å². The smallest absolute Gasteiger partial charge is 0.232 e. The summed E-state index contributed by atoms with van der Waals surface area (Å²) in [5.74, 6) is 1.40. The van der Waals surface area contributed by atoms with Gasteiger partial charge in [-0.05, 0) is 35.8 Å². The van der Waals surface area contributed by atoms with Crippen LogP contribution < -0.4 is 4.74 Å². The van der Waals surface area contributed by atoms with Gasteiger partial charge in [-0.3, -0.25) is 9.88 Å². The van der Waals surface area contributed by atoms with Crippen molar-refractivity contribution < 1.29 is 14.9 Å². The highest BCUT2D eigenvalue weighted by Gasteiger charge is 2.48. The highest BCUT2D eigenvalue weighted by atomic mass is 16.5. The number of nitrogens with zero attached hydrogens (tertiary/aromatic N) is 3. The van der Waals surface area contributed by atoms with Gasteiger partial charge in [0.15, 0.2) is 0 Å². The van der Waals surface area contributed by atoms with Crippen LogP contribution in [0.15, 0.2) is 73.1 Å². The van der Waals surface area contributed by atoms with E-state index in [1.165, 1.54) is 5.56 Å². The normalized spacial score (nSPS) is 25.6. The lowest BCUT2D eigenvalue weighted by Gasteiger charge is -2.26. The number of hydrogen-bond donors (Lipinski definition) is 2. The van der Waals surface area contributed by atoms with E-state index in [1.807, 2.05) is 48.5 Å². The van der Waals surface area contributed by atoms with Crippen molar-refractivity contribution in [3.8, 4) is 5.88 Å². The van der Waals surface area contributed by atoms with Gasteiger partial charge in [0.25, 0.3) is 0 Å². The van der Waals surface area contributed by atoms with Crippen LogP contribution in [0.1, 0.15) is 35.8 Å². The second kappa shape index (κ2) is 9.59. The summed E-state index contributed by atoms with van der Waals surface area (Å²) in [6.07, 6.45) is 4.85. The topological polar surface area (TPSA) is 78.7 Å². The van der Waals surface area contributed by atoms with E-state index >= 15 is 0 Å². The average Bonchev–Trinajstić information content (AvgIpc) is 3.33. The van der Waals surface area contributed by atoms with Crippen molar-refractivity contribution in [2.24, 2.45) is 11.8 Å². The minimum Gasteiger partial charge on any atom is -0.472 e. The quantitative estimate of drug-likeness (QED) is 0.553. The van der Waals surface area contributed by atoms with E-state index in [0.717, 1.165) is 37.9 Å². The van der Waals surface area contributed by atoms with Gasteiger partial charge in [0.2, 0.25) is 5.88 Å². The molecule has 2 fully saturated rings. The monoisotopic (exact) mass is 445 g/mol. The Hall–Kier alpha value is -2.80. The lowest BCUT2D eigenvalue weighted by atomic mass is 9.91. The molecule has 0 amide bonds. The van der Waals surface area contributed by atoms with E-state index in [0.29, 0.717) is 36.6 Å². The molecule has 1 aromatic heterocycles. The first-order valence-corrected chi connectivity index (χ1v) is 11.7. The molecule has 0 radical (unpaired) electrons. The Labute approximate surface area is 194 Å². The van der Waals surface area contributed by atoms with Crippen LogP contribution in [-0.4, -0.2) is 50.3 Å². The van der Waals surface area contributed by atoms with E-state index in [4.69, 9.17) is 4.74 Å². The van der Waals surface area contributed by atoms with Crippen LogP contribution in [0.4, 0.5) is 0 Å². The van der Waals surface area contributed by atoms with Crippen LogP contribution >= 0.6 is 0 Å². The third-order valence-corrected chi connectivity index (χ3v) is 6.96. The molecule has 5 rings (SSSR count). The largest absolute Gasteiger partial charge is 0.472 e. The summed E-state index contributed by atoms with van der Waals surface area (Å²) in [6, 6.07) is 20.2. The summed E-state index contributed by atoms with van der Waals surface area (Å²) in [4.78, 5) is 11.0. The van der Waals surface area contributed by atoms with Crippen molar-refractivity contribution in [1.82, 2.24) is 14.9 Å². The number of hydrogen-bond acceptors (Lipinski definition) is 6. The number of likely N-dealkylation sites (tertiary alicyclic amines) is 1. The molecule has 1 aliphatic carbocycles. The predicted octanol–water partition coefficient (Wildman–Crippen LogP) is 3.40. The van der Waals surface area contributed by atoms with E-state index in [9.17, 15) is 10.2 Å². The van der Waals surface area contributed by atoms with Gasteiger partial charge in [0, 0.05) is 26.1 Å². The van der Waals surface area contributed by atoms with Gasteiger partial charge in [-0.15, -0.1) is 0 Å². The Morgan fingerprint density at radius 1 is 0.909 bits per heavy atom. The molecule has 4 atom stereocenters. The maximum atomic E-state index is 11.1. The molecule has 172 valence electrons. The van der Waals surface area contributed by atoms with Crippen LogP contribution in [0.2, 0.25) is 0 Å². The fourth-order valence-corrected chi connectivity index (χ4v) is 5.47. The van der Waals surface area contributed by atoms with Gasteiger partial charge in [-0.1, -0.05) is 60.7 Å². The van der Waals surface area contributed by atoms with E-state index in [1.54, 1.807) is 12.4 Å². The Morgan fingerprint density at radius 2 is 1.55 bits per heavy atom. The van der Waals surface area contributed by atoms with Crippen molar-refractivity contribution in [3.05, 3.63) is 89.9 Å². The molecule has 0 spiro atoms. The third-order valence-electron chi connectivity index (χ3n) is 6.96. The maximum Gasteiger partial charge on any atom is 0.232 e. The standard InChI is InChI=1S/C27H31N3O3/c31-25(24-14-29-26(15-28-24)33-19-21-9-5-2-6-10-21)18-30-16-22-12-27(32,13-23(22)17-30)11-20-7-3-1-4-8-20/h1-10,14-15,22-23,25,31-32H,11-13,16-19H2/t22-,23?,25?,27?/m1/s1. The average molecular weight is 446 g/mol. The minimum atomic E-state index is -0.692. The molecule has 6 heteroatoms. The van der Waals surface area contributed by atoms with Crippen molar-refractivity contribution >= 4 is 0 Å². The zero-order valence-electron chi connectivity index (χ0n) is 18.8. The van der Waals surface area contributed by atoms with Gasteiger partial charge in [0.1, 0.15) is 12.7 Å². The number of ether oxygens (including phenoxy) is 1. The molecule has 2 aliphatic rings. The SMILES string of the molecule is OC(CN1CC2CC(O)(Cc3ccccc3)C[C@@H]2C1)c1cnc(OCc2ccccc2)cn1. The number of benzene rings is 2. The molecule has 2 heterocycles. The van der Waals surface area contributed by atoms with Gasteiger partial charge in [0.05, 0.1) is 23.7 Å². The Morgan fingerprint density at radius 3 is 2.15 bits per heavy atom. The summed E-state index contributed by atoms with van der Waals surface area (Å²) in [6.45, 7) is 2.78. The predicted molar refractivity (Wildman–Crippen MR) is 126 cm³/mol. The molecule has 2 aromatic carbocycles. The van der Waals surface area contributed by atoms with Crippen LogP contribution in [0.5, 0.6) is 5.88 Å². The summed E-state index contributed by atoms with van der Waals surface area (Å²) in [5, 5.41) is 21.8. The van der Waals surface area contributed by atoms with Gasteiger partial charge in [-0.2, -0.15) is 0 Å². The van der Waals surface area contributed by atoms with Crippen LogP contribution in [0.25, 0.3) is 0 Å². The Bertz CT molecular complexity index is 1020. The van der Waals surface area contributed by atoms with E-state index in [2.05, 4.69) is 27.0 Å². The first-order valence-electron chi connectivity index (χ1n) is 11.7. The number of β-amino-alcohol motifs (C(OH)–C–C–N with tert-alkyl or cyclic N) is 1. The molecular weight excluding hydrogens is 414 g/mol. The molecule has 3 aromatic rings. The lowest BCUT2D eigenvalue weighted by molar-refractivity contribution is 0.0327. The summed E-state index contributed by atoms with van der Waals surface area (Å²) in [7, 11) is 0. The highest BCUT2D eigenvalue weighted by Crippen LogP contribution is 2.45.